The summed E-state index contributed by atoms with van der Waals surface area (Å²) in [6.07, 6.45) is -1.08. The van der Waals surface area contributed by atoms with Gasteiger partial charge in [-0.2, -0.15) is 0 Å². The standard InChI is InChI=1S/C17H13N3O5S2/c1-10(25-16(22)13-7-8-14(27-13)20(23)24)15(21)19-17-18-12(9-26-17)11-5-3-2-4-6-11/h2-10H,1H3,(H,18,19,21)/t10-/m0/s1. The predicted octanol–water partition coefficient (Wildman–Crippen LogP) is 3.96. The molecule has 0 unspecified atom stereocenters. The van der Waals surface area contributed by atoms with Gasteiger partial charge in [0.05, 0.1) is 10.6 Å². The van der Waals surface area contributed by atoms with E-state index in [0.717, 1.165) is 11.3 Å². The molecule has 138 valence electrons. The van der Waals surface area contributed by atoms with Gasteiger partial charge in [-0.05, 0) is 13.0 Å². The molecule has 1 aromatic carbocycles. The second-order valence-electron chi connectivity index (χ2n) is 5.34. The molecule has 8 nitrogen and oxygen atoms in total. The smallest absolute Gasteiger partial charge is 0.349 e. The minimum absolute atomic E-state index is 0.0574. The van der Waals surface area contributed by atoms with Crippen molar-refractivity contribution in [3.8, 4) is 11.3 Å². The Bertz CT molecular complexity index is 983. The Balaban J connectivity index is 1.60. The number of nitrogens with zero attached hydrogens (tertiary/aromatic N) is 2. The fraction of sp³-hybridized carbons (Fsp3) is 0.118. The van der Waals surface area contributed by atoms with Gasteiger partial charge in [-0.15, -0.1) is 11.3 Å². The van der Waals surface area contributed by atoms with Crippen LogP contribution in [0.3, 0.4) is 0 Å². The lowest BCUT2D eigenvalue weighted by Gasteiger charge is -2.11. The van der Waals surface area contributed by atoms with Crippen LogP contribution >= 0.6 is 22.7 Å². The summed E-state index contributed by atoms with van der Waals surface area (Å²) in [5, 5.41) is 15.3. The van der Waals surface area contributed by atoms with E-state index in [0.29, 0.717) is 16.5 Å². The van der Waals surface area contributed by atoms with Gasteiger partial charge >= 0.3 is 11.0 Å². The SMILES string of the molecule is C[C@H](OC(=O)c1ccc([N+](=O)[O-])s1)C(=O)Nc1nc(-c2ccccc2)cs1. The predicted molar refractivity (Wildman–Crippen MR) is 102 cm³/mol. The van der Waals surface area contributed by atoms with Crippen LogP contribution in [-0.2, 0) is 9.53 Å². The van der Waals surface area contributed by atoms with Crippen molar-refractivity contribution in [2.75, 3.05) is 5.32 Å². The molecule has 3 rings (SSSR count). The lowest BCUT2D eigenvalue weighted by atomic mass is 10.2. The number of hydrogen-bond donors (Lipinski definition) is 1. The van der Waals surface area contributed by atoms with E-state index in [1.807, 2.05) is 35.7 Å². The van der Waals surface area contributed by atoms with Gasteiger partial charge in [0.2, 0.25) is 0 Å². The summed E-state index contributed by atoms with van der Waals surface area (Å²) < 4.78 is 5.07. The van der Waals surface area contributed by atoms with E-state index in [2.05, 4.69) is 10.3 Å². The number of rotatable bonds is 6. The van der Waals surface area contributed by atoms with E-state index < -0.39 is 22.9 Å². The van der Waals surface area contributed by atoms with Gasteiger partial charge in [0, 0.05) is 17.0 Å². The molecule has 0 spiro atoms. The highest BCUT2D eigenvalue weighted by Gasteiger charge is 2.23. The molecule has 2 aromatic heterocycles. The van der Waals surface area contributed by atoms with Crippen LogP contribution in [0.25, 0.3) is 11.3 Å². The third kappa shape index (κ3) is 4.54. The third-order valence-corrected chi connectivity index (χ3v) is 5.20. The van der Waals surface area contributed by atoms with Crippen molar-refractivity contribution in [3.63, 3.8) is 0 Å². The highest BCUT2D eigenvalue weighted by atomic mass is 32.1. The van der Waals surface area contributed by atoms with E-state index in [1.165, 1.54) is 30.4 Å². The number of ether oxygens (including phenoxy) is 1. The van der Waals surface area contributed by atoms with E-state index >= 15 is 0 Å². The highest BCUT2D eigenvalue weighted by Crippen LogP contribution is 2.26. The normalized spacial score (nSPS) is 11.6. The van der Waals surface area contributed by atoms with E-state index in [-0.39, 0.29) is 9.88 Å². The second-order valence-corrected chi connectivity index (χ2v) is 7.26. The number of esters is 1. The summed E-state index contributed by atoms with van der Waals surface area (Å²) in [7, 11) is 0. The second kappa shape index (κ2) is 8.06. The number of aromatic nitrogens is 1. The van der Waals surface area contributed by atoms with Crippen LogP contribution in [0.5, 0.6) is 0 Å². The highest BCUT2D eigenvalue weighted by molar-refractivity contribution is 7.17. The Kier molecular flexibility index (Phi) is 5.57. The molecule has 0 aliphatic carbocycles. The molecule has 2 heterocycles. The zero-order chi connectivity index (χ0) is 19.4. The first-order chi connectivity index (χ1) is 12.9. The molecule has 0 saturated carbocycles. The van der Waals surface area contributed by atoms with Gasteiger partial charge < -0.3 is 4.74 Å². The number of carbonyl (C=O) groups excluding carboxylic acids is 2. The van der Waals surface area contributed by atoms with Crippen LogP contribution in [0.15, 0.2) is 47.8 Å². The molecule has 27 heavy (non-hydrogen) atoms. The molecule has 0 saturated heterocycles. The zero-order valence-electron chi connectivity index (χ0n) is 13.9. The maximum atomic E-state index is 12.2. The summed E-state index contributed by atoms with van der Waals surface area (Å²) in [4.78, 5) is 38.7. The zero-order valence-corrected chi connectivity index (χ0v) is 15.6. The first-order valence-corrected chi connectivity index (χ1v) is 9.40. The first-order valence-electron chi connectivity index (χ1n) is 7.71. The lowest BCUT2D eigenvalue weighted by Crippen LogP contribution is -2.29. The van der Waals surface area contributed by atoms with Crippen LogP contribution in [-0.4, -0.2) is 27.9 Å². The van der Waals surface area contributed by atoms with Crippen molar-refractivity contribution in [2.24, 2.45) is 0 Å². The number of hydrogen-bond acceptors (Lipinski definition) is 8. The van der Waals surface area contributed by atoms with Gasteiger partial charge in [-0.1, -0.05) is 41.7 Å². The molecular formula is C17H13N3O5S2. The van der Waals surface area contributed by atoms with Crippen molar-refractivity contribution in [2.45, 2.75) is 13.0 Å². The average molecular weight is 403 g/mol. The van der Waals surface area contributed by atoms with E-state index in [9.17, 15) is 19.7 Å². The minimum atomic E-state index is -1.08. The monoisotopic (exact) mass is 403 g/mol. The summed E-state index contributed by atoms with van der Waals surface area (Å²) in [6, 6.07) is 12.0. The topological polar surface area (TPSA) is 111 Å². The van der Waals surface area contributed by atoms with Crippen molar-refractivity contribution in [1.82, 2.24) is 4.98 Å². The van der Waals surface area contributed by atoms with Crippen molar-refractivity contribution in [3.05, 3.63) is 62.8 Å². The largest absolute Gasteiger partial charge is 0.448 e. The Morgan fingerprint density at radius 1 is 1.22 bits per heavy atom. The summed E-state index contributed by atoms with van der Waals surface area (Å²) in [5.74, 6) is -1.33. The molecule has 1 N–H and O–H groups in total. The number of amides is 1. The molecule has 0 fully saturated rings. The van der Waals surface area contributed by atoms with Crippen LogP contribution in [0.1, 0.15) is 16.6 Å². The number of nitro groups is 1. The number of carbonyl (C=O) groups is 2. The van der Waals surface area contributed by atoms with Crippen molar-refractivity contribution >= 4 is 44.7 Å². The van der Waals surface area contributed by atoms with Crippen LogP contribution in [0, 0.1) is 10.1 Å². The molecule has 0 aliphatic rings. The van der Waals surface area contributed by atoms with Crippen LogP contribution in [0.2, 0.25) is 0 Å². The number of thiazole rings is 1. The molecule has 0 radical (unpaired) electrons. The first kappa shape index (κ1) is 18.7. The molecule has 0 bridgehead atoms. The Hall–Kier alpha value is -3.11. The number of thiophene rings is 1. The van der Waals surface area contributed by atoms with Gasteiger partial charge in [0.25, 0.3) is 5.91 Å². The van der Waals surface area contributed by atoms with Gasteiger partial charge in [-0.3, -0.25) is 20.2 Å². The fourth-order valence-corrected chi connectivity index (χ4v) is 3.51. The Labute approximate surface area is 161 Å². The van der Waals surface area contributed by atoms with Crippen molar-refractivity contribution < 1.29 is 19.2 Å². The van der Waals surface area contributed by atoms with Gasteiger partial charge in [-0.25, -0.2) is 9.78 Å². The molecule has 3 aromatic rings. The fourth-order valence-electron chi connectivity index (χ4n) is 2.09. The molecule has 10 heteroatoms. The third-order valence-electron chi connectivity index (χ3n) is 3.43. The lowest BCUT2D eigenvalue weighted by molar-refractivity contribution is -0.380. The average Bonchev–Trinajstić information content (AvgIpc) is 3.32. The molecular weight excluding hydrogens is 390 g/mol. The van der Waals surface area contributed by atoms with Gasteiger partial charge in [0.15, 0.2) is 11.2 Å². The molecule has 0 aliphatic heterocycles. The van der Waals surface area contributed by atoms with Crippen molar-refractivity contribution in [1.29, 1.82) is 0 Å². The minimum Gasteiger partial charge on any atom is -0.448 e. The number of benzene rings is 1. The Morgan fingerprint density at radius 2 is 1.96 bits per heavy atom. The quantitative estimate of drug-likeness (QED) is 0.379. The van der Waals surface area contributed by atoms with Gasteiger partial charge in [0.1, 0.15) is 4.88 Å². The summed E-state index contributed by atoms with van der Waals surface area (Å²) in [5.41, 5.74) is 1.65. The Morgan fingerprint density at radius 3 is 2.63 bits per heavy atom. The van der Waals surface area contributed by atoms with E-state index in [4.69, 9.17) is 4.74 Å². The molecule has 1 atom stereocenters. The maximum absolute atomic E-state index is 12.2. The number of nitrogens with one attached hydrogen (secondary N) is 1. The van der Waals surface area contributed by atoms with E-state index in [1.54, 1.807) is 0 Å². The van der Waals surface area contributed by atoms with Crippen LogP contribution < -0.4 is 5.32 Å². The van der Waals surface area contributed by atoms with Crippen LogP contribution in [0.4, 0.5) is 10.1 Å². The summed E-state index contributed by atoms with van der Waals surface area (Å²) >= 11 is 1.95. The maximum Gasteiger partial charge on any atom is 0.349 e. The summed E-state index contributed by atoms with van der Waals surface area (Å²) in [6.45, 7) is 1.42. The number of anilines is 1. The molecule has 1 amide bonds.